The van der Waals surface area contributed by atoms with Crippen LogP contribution in [0.2, 0.25) is 0 Å². The van der Waals surface area contributed by atoms with Crippen molar-refractivity contribution >= 4 is 30.2 Å². The lowest BCUT2D eigenvalue weighted by Gasteiger charge is -2.27. The minimum absolute atomic E-state index is 0.0168. The van der Waals surface area contributed by atoms with E-state index >= 15 is 0 Å². The van der Waals surface area contributed by atoms with E-state index in [4.69, 9.17) is 21.7 Å². The van der Waals surface area contributed by atoms with E-state index in [9.17, 15) is 24.0 Å². The van der Waals surface area contributed by atoms with Gasteiger partial charge in [-0.1, -0.05) is 41.5 Å². The summed E-state index contributed by atoms with van der Waals surface area (Å²) in [6.07, 6.45) is 1.41. The largest absolute Gasteiger partial charge is 0.480 e. The van der Waals surface area contributed by atoms with Crippen molar-refractivity contribution < 1.29 is 34.2 Å². The monoisotopic (exact) mass is 460 g/mol. The molecule has 32 heavy (non-hydrogen) atoms. The topological polar surface area (TPSA) is 193 Å². The first-order valence-electron chi connectivity index (χ1n) is 10.4. The number of amides is 3. The van der Waals surface area contributed by atoms with Gasteiger partial charge in [-0.15, -0.1) is 0 Å². The van der Waals surface area contributed by atoms with Crippen molar-refractivity contribution in [2.75, 3.05) is 13.1 Å². The Bertz CT molecular complexity index is 639. The minimum atomic E-state index is -1.22. The predicted octanol–water partition coefficient (Wildman–Crippen LogP) is 0.550. The average Bonchev–Trinajstić information content (AvgIpc) is 2.58. The number of rotatable bonds is 13. The molecule has 0 saturated heterocycles. The fourth-order valence-electron chi connectivity index (χ4n) is 2.35. The number of carboxylic acids is 2. The van der Waals surface area contributed by atoms with Crippen LogP contribution in [-0.2, 0) is 24.0 Å². The third-order valence-corrected chi connectivity index (χ3v) is 4.30. The van der Waals surface area contributed by atoms with Gasteiger partial charge in [0.05, 0.1) is 12.8 Å². The number of primary amides is 2. The number of nitrogens with zero attached hydrogens (tertiary/aromatic N) is 1. The van der Waals surface area contributed by atoms with E-state index in [0.717, 1.165) is 11.3 Å². The normalized spacial score (nSPS) is 13.2. The predicted molar refractivity (Wildman–Crippen MR) is 119 cm³/mol. The lowest BCUT2D eigenvalue weighted by molar-refractivity contribution is -0.148. The lowest BCUT2D eigenvalue weighted by atomic mass is 9.92. The molecule has 0 aliphatic carbocycles. The second kappa shape index (κ2) is 14.4. The van der Waals surface area contributed by atoms with E-state index in [1.807, 2.05) is 20.8 Å². The minimum Gasteiger partial charge on any atom is -0.480 e. The molecule has 11 nitrogen and oxygen atoms in total. The molecule has 0 unspecified atom stereocenters. The molecular formula is C21H40N4O7. The molecule has 186 valence electrons. The highest BCUT2D eigenvalue weighted by Gasteiger charge is 2.27. The van der Waals surface area contributed by atoms with Gasteiger partial charge >= 0.3 is 11.9 Å². The van der Waals surface area contributed by atoms with Gasteiger partial charge in [0.1, 0.15) is 12.1 Å². The Morgan fingerprint density at radius 1 is 0.875 bits per heavy atom. The molecular weight excluding hydrogens is 420 g/mol. The Balaban J connectivity index is 0. The quantitative estimate of drug-likeness (QED) is 0.246. The summed E-state index contributed by atoms with van der Waals surface area (Å²) in [5.74, 6) is -3.60. The molecule has 0 aromatic heterocycles. The van der Waals surface area contributed by atoms with E-state index in [1.54, 1.807) is 0 Å². The summed E-state index contributed by atoms with van der Waals surface area (Å²) < 4.78 is 0. The molecule has 3 amide bonds. The number of carbonyl (C=O) groups is 5. The number of hydrogen-bond acceptors (Lipinski definition) is 6. The van der Waals surface area contributed by atoms with Crippen LogP contribution in [0.4, 0.5) is 0 Å². The third kappa shape index (κ3) is 18.1. The van der Waals surface area contributed by atoms with Crippen molar-refractivity contribution in [2.24, 2.45) is 22.3 Å². The Kier molecular flexibility index (Phi) is 14.2. The van der Waals surface area contributed by atoms with Crippen molar-refractivity contribution in [2.45, 2.75) is 79.3 Å². The first-order chi connectivity index (χ1) is 14.4. The van der Waals surface area contributed by atoms with Crippen LogP contribution in [0.1, 0.15) is 67.2 Å². The van der Waals surface area contributed by atoms with E-state index < -0.39 is 35.8 Å². The summed E-state index contributed by atoms with van der Waals surface area (Å²) in [4.78, 5) is 55.0. The maximum atomic E-state index is 11.0. The van der Waals surface area contributed by atoms with Crippen LogP contribution in [0.15, 0.2) is 0 Å². The Hall–Kier alpha value is -2.69. The molecule has 0 spiro atoms. The Labute approximate surface area is 189 Å². The van der Waals surface area contributed by atoms with Crippen molar-refractivity contribution in [3.05, 3.63) is 0 Å². The van der Waals surface area contributed by atoms with Crippen LogP contribution in [0.3, 0.4) is 0 Å². The second-order valence-electron chi connectivity index (χ2n) is 10.0. The molecule has 0 bridgehead atoms. The molecule has 0 fully saturated rings. The van der Waals surface area contributed by atoms with Crippen LogP contribution >= 0.6 is 0 Å². The maximum Gasteiger partial charge on any atom is 0.326 e. The van der Waals surface area contributed by atoms with E-state index in [0.29, 0.717) is 19.4 Å². The number of aliphatic carboxylic acids is 2. The van der Waals surface area contributed by atoms with Gasteiger partial charge in [0, 0.05) is 6.54 Å². The fourth-order valence-corrected chi connectivity index (χ4v) is 2.35. The zero-order valence-electron chi connectivity index (χ0n) is 20.0. The molecule has 0 aliphatic rings. The Morgan fingerprint density at radius 3 is 1.66 bits per heavy atom. The standard InChI is InChI=1S/C11H20N2O4.C10H20N2O3/c1-11(2,3)4-5-13(7-14)8(10(16)17)6-9(12)15;1-10(2,3)4-5-12-7(9(14)15)6-8(11)13/h7-8H,4-6H2,1-3H3,(H2,12,15)(H,16,17);7,12H,4-6H2,1-3H3,(H2,11,13)(H,14,15)/t8-;7-/m00/s1. The average molecular weight is 461 g/mol. The molecule has 0 saturated carbocycles. The lowest BCUT2D eigenvalue weighted by Crippen LogP contribution is -2.44. The van der Waals surface area contributed by atoms with Gasteiger partial charge in [-0.2, -0.15) is 0 Å². The Morgan fingerprint density at radius 2 is 1.34 bits per heavy atom. The molecule has 0 radical (unpaired) electrons. The van der Waals surface area contributed by atoms with Crippen LogP contribution in [-0.4, -0.2) is 70.4 Å². The molecule has 2 atom stereocenters. The van der Waals surface area contributed by atoms with Crippen LogP contribution in [0.5, 0.6) is 0 Å². The van der Waals surface area contributed by atoms with E-state index in [1.165, 1.54) is 0 Å². The molecule has 0 aromatic rings. The summed E-state index contributed by atoms with van der Waals surface area (Å²) in [5, 5.41) is 20.5. The van der Waals surface area contributed by atoms with Crippen molar-refractivity contribution in [3.63, 3.8) is 0 Å². The third-order valence-electron chi connectivity index (χ3n) is 4.30. The van der Waals surface area contributed by atoms with Crippen LogP contribution < -0.4 is 16.8 Å². The molecule has 0 heterocycles. The van der Waals surface area contributed by atoms with Crippen molar-refractivity contribution in [1.29, 1.82) is 0 Å². The zero-order chi connectivity index (χ0) is 25.7. The number of carbonyl (C=O) groups excluding carboxylic acids is 3. The molecule has 7 N–H and O–H groups in total. The van der Waals surface area contributed by atoms with Crippen LogP contribution in [0.25, 0.3) is 0 Å². The highest BCUT2D eigenvalue weighted by Crippen LogP contribution is 2.19. The van der Waals surface area contributed by atoms with Crippen LogP contribution in [0, 0.1) is 10.8 Å². The number of hydrogen-bond donors (Lipinski definition) is 5. The number of nitrogens with two attached hydrogens (primary N) is 2. The highest BCUT2D eigenvalue weighted by atomic mass is 16.4. The second-order valence-corrected chi connectivity index (χ2v) is 10.0. The summed E-state index contributed by atoms with van der Waals surface area (Å²) in [7, 11) is 0. The smallest absolute Gasteiger partial charge is 0.326 e. The summed E-state index contributed by atoms with van der Waals surface area (Å²) in [6.45, 7) is 13.0. The number of carboxylic acid groups (broad SMARTS) is 2. The van der Waals surface area contributed by atoms with Gasteiger partial charge in [0.2, 0.25) is 18.2 Å². The van der Waals surface area contributed by atoms with Gasteiger partial charge in [0.25, 0.3) is 0 Å². The summed E-state index contributed by atoms with van der Waals surface area (Å²) in [6, 6.07) is -2.04. The molecule has 11 heteroatoms. The fraction of sp³-hybridized carbons (Fsp3) is 0.762. The summed E-state index contributed by atoms with van der Waals surface area (Å²) in [5.41, 5.74) is 10.0. The first kappa shape index (κ1) is 31.5. The van der Waals surface area contributed by atoms with Crippen molar-refractivity contribution in [3.8, 4) is 0 Å². The SMILES string of the molecule is CC(C)(C)CCN(C=O)[C@@H](CC(N)=O)C(=O)O.CC(C)(C)CCN[C@@H](CC(N)=O)C(=O)O. The van der Waals surface area contributed by atoms with Crippen molar-refractivity contribution in [1.82, 2.24) is 10.2 Å². The maximum absolute atomic E-state index is 11.0. The van der Waals surface area contributed by atoms with E-state index in [-0.39, 0.29) is 30.2 Å². The molecule has 0 aliphatic heterocycles. The zero-order valence-corrected chi connectivity index (χ0v) is 20.0. The highest BCUT2D eigenvalue weighted by molar-refractivity contribution is 5.85. The summed E-state index contributed by atoms with van der Waals surface area (Å²) >= 11 is 0. The first-order valence-corrected chi connectivity index (χ1v) is 10.4. The van der Waals surface area contributed by atoms with E-state index in [2.05, 4.69) is 26.1 Å². The van der Waals surface area contributed by atoms with Gasteiger partial charge in [0.15, 0.2) is 0 Å². The molecule has 0 rings (SSSR count). The number of nitrogens with one attached hydrogen (secondary N) is 1. The van der Waals surface area contributed by atoms with Gasteiger partial charge in [-0.3, -0.25) is 19.2 Å². The van der Waals surface area contributed by atoms with Gasteiger partial charge in [-0.05, 0) is 30.2 Å². The van der Waals surface area contributed by atoms with Gasteiger partial charge in [-0.25, -0.2) is 4.79 Å². The van der Waals surface area contributed by atoms with Gasteiger partial charge < -0.3 is 31.9 Å². The molecule has 0 aromatic carbocycles.